The molecule has 0 fully saturated rings. The summed E-state index contributed by atoms with van der Waals surface area (Å²) in [7, 11) is 3.19. The van der Waals surface area contributed by atoms with Crippen LogP contribution in [0.2, 0.25) is 5.02 Å². The summed E-state index contributed by atoms with van der Waals surface area (Å²) in [5.41, 5.74) is 2.49. The lowest BCUT2D eigenvalue weighted by molar-refractivity contribution is 0.0978. The van der Waals surface area contributed by atoms with Crippen LogP contribution in [-0.4, -0.2) is 20.0 Å². The van der Waals surface area contributed by atoms with Gasteiger partial charge in [-0.15, -0.1) is 0 Å². The molecule has 0 saturated carbocycles. The minimum absolute atomic E-state index is 0.137. The molecule has 120 valence electrons. The molecule has 1 aliphatic carbocycles. The number of benzene rings is 2. The van der Waals surface area contributed by atoms with Gasteiger partial charge in [0.05, 0.1) is 14.2 Å². The van der Waals surface area contributed by atoms with Gasteiger partial charge in [-0.25, -0.2) is 0 Å². The van der Waals surface area contributed by atoms with E-state index in [1.165, 1.54) is 0 Å². The van der Waals surface area contributed by atoms with Crippen LogP contribution in [0.3, 0.4) is 0 Å². The van der Waals surface area contributed by atoms with E-state index in [9.17, 15) is 4.79 Å². The van der Waals surface area contributed by atoms with Crippen LogP contribution in [0.4, 0.5) is 0 Å². The quantitative estimate of drug-likeness (QED) is 0.819. The van der Waals surface area contributed by atoms with E-state index in [2.05, 4.69) is 6.92 Å². The lowest BCUT2D eigenvalue weighted by Gasteiger charge is -2.29. The van der Waals surface area contributed by atoms with Crippen LogP contribution >= 0.6 is 11.6 Å². The van der Waals surface area contributed by atoms with Crippen molar-refractivity contribution in [1.82, 2.24) is 0 Å². The molecule has 4 heteroatoms. The van der Waals surface area contributed by atoms with Crippen molar-refractivity contribution in [3.05, 3.63) is 58.1 Å². The number of hydrogen-bond acceptors (Lipinski definition) is 3. The monoisotopic (exact) mass is 330 g/mol. The van der Waals surface area contributed by atoms with Gasteiger partial charge in [0.25, 0.3) is 0 Å². The standard InChI is InChI=1S/C19H19ClO3/c1-4-19(12-5-7-13(20)8-6-12)11-16(21)14-9-17(22-2)18(23-3)10-15(14)19/h5-10H,4,11H2,1-3H3. The van der Waals surface area contributed by atoms with Crippen LogP contribution in [0, 0.1) is 0 Å². The summed E-state index contributed by atoms with van der Waals surface area (Å²) in [6.45, 7) is 2.10. The molecule has 2 aromatic rings. The van der Waals surface area contributed by atoms with E-state index in [4.69, 9.17) is 21.1 Å². The van der Waals surface area contributed by atoms with Gasteiger partial charge in [0, 0.05) is 22.4 Å². The van der Waals surface area contributed by atoms with Crippen molar-refractivity contribution < 1.29 is 14.3 Å². The molecule has 0 heterocycles. The first kappa shape index (κ1) is 15.9. The SMILES string of the molecule is CCC1(c2ccc(Cl)cc2)CC(=O)c2cc(OC)c(OC)cc21. The van der Waals surface area contributed by atoms with Crippen LogP contribution in [0.1, 0.15) is 41.3 Å². The number of hydrogen-bond donors (Lipinski definition) is 0. The Morgan fingerprint density at radius 3 is 2.26 bits per heavy atom. The van der Waals surface area contributed by atoms with E-state index < -0.39 is 0 Å². The van der Waals surface area contributed by atoms with Gasteiger partial charge in [-0.1, -0.05) is 30.7 Å². The first-order valence-electron chi connectivity index (χ1n) is 7.61. The Balaban J connectivity index is 2.23. The third-order valence-corrected chi connectivity index (χ3v) is 5.05. The first-order chi connectivity index (χ1) is 11.1. The number of ketones is 1. The summed E-state index contributed by atoms with van der Waals surface area (Å²) in [6, 6.07) is 11.5. The van der Waals surface area contributed by atoms with Gasteiger partial charge in [-0.05, 0) is 41.8 Å². The molecule has 0 radical (unpaired) electrons. The summed E-state index contributed by atoms with van der Waals surface area (Å²) in [6.07, 6.45) is 1.28. The van der Waals surface area contributed by atoms with Gasteiger partial charge in [0.1, 0.15) is 0 Å². The number of carbonyl (C=O) groups is 1. The molecule has 3 nitrogen and oxygen atoms in total. The molecule has 23 heavy (non-hydrogen) atoms. The van der Waals surface area contributed by atoms with Crippen molar-refractivity contribution >= 4 is 17.4 Å². The fourth-order valence-corrected chi connectivity index (χ4v) is 3.64. The number of ether oxygens (including phenoxy) is 2. The summed E-state index contributed by atoms with van der Waals surface area (Å²) in [5.74, 6) is 1.37. The molecule has 1 unspecified atom stereocenters. The van der Waals surface area contributed by atoms with Crippen LogP contribution in [0.25, 0.3) is 0 Å². The minimum Gasteiger partial charge on any atom is -0.493 e. The number of halogens is 1. The van der Waals surface area contributed by atoms with E-state index >= 15 is 0 Å². The number of fused-ring (bicyclic) bond motifs is 1. The van der Waals surface area contributed by atoms with Gasteiger partial charge in [-0.2, -0.15) is 0 Å². The maximum atomic E-state index is 12.6. The van der Waals surface area contributed by atoms with Gasteiger partial charge in [0.15, 0.2) is 17.3 Å². The largest absolute Gasteiger partial charge is 0.493 e. The van der Waals surface area contributed by atoms with E-state index in [1.54, 1.807) is 20.3 Å². The zero-order chi connectivity index (χ0) is 16.6. The van der Waals surface area contributed by atoms with E-state index in [0.717, 1.165) is 23.1 Å². The fourth-order valence-electron chi connectivity index (χ4n) is 3.52. The van der Waals surface area contributed by atoms with Crippen LogP contribution < -0.4 is 9.47 Å². The topological polar surface area (TPSA) is 35.5 Å². The highest BCUT2D eigenvalue weighted by atomic mass is 35.5. The van der Waals surface area contributed by atoms with Gasteiger partial charge >= 0.3 is 0 Å². The summed E-state index contributed by atoms with van der Waals surface area (Å²) < 4.78 is 10.8. The second kappa shape index (κ2) is 5.89. The third kappa shape index (κ3) is 2.40. The van der Waals surface area contributed by atoms with Crippen molar-refractivity contribution in [2.24, 2.45) is 0 Å². The Labute approximate surface area is 141 Å². The average Bonchev–Trinajstić information content (AvgIpc) is 2.86. The average molecular weight is 331 g/mol. The Morgan fingerprint density at radius 1 is 1.09 bits per heavy atom. The molecular weight excluding hydrogens is 312 g/mol. The minimum atomic E-state index is -0.337. The Hall–Kier alpha value is -2.00. The number of methoxy groups -OCH3 is 2. The van der Waals surface area contributed by atoms with Gasteiger partial charge in [-0.3, -0.25) is 4.79 Å². The first-order valence-corrected chi connectivity index (χ1v) is 7.99. The molecule has 1 atom stereocenters. The molecule has 0 aliphatic heterocycles. The zero-order valence-electron chi connectivity index (χ0n) is 13.5. The lowest BCUT2D eigenvalue weighted by atomic mass is 9.73. The van der Waals surface area contributed by atoms with Gasteiger partial charge in [0.2, 0.25) is 0 Å². The molecule has 0 amide bonds. The molecule has 0 aromatic heterocycles. The van der Waals surface area contributed by atoms with Gasteiger partial charge < -0.3 is 9.47 Å². The second-order valence-electron chi connectivity index (χ2n) is 5.80. The van der Waals surface area contributed by atoms with Crippen molar-refractivity contribution in [3.63, 3.8) is 0 Å². The fraction of sp³-hybridized carbons (Fsp3) is 0.316. The highest BCUT2D eigenvalue weighted by Crippen LogP contribution is 2.49. The number of rotatable bonds is 4. The Morgan fingerprint density at radius 2 is 1.70 bits per heavy atom. The maximum absolute atomic E-state index is 12.6. The summed E-state index contributed by atoms with van der Waals surface area (Å²) in [5, 5.41) is 0.692. The van der Waals surface area contributed by atoms with Crippen molar-refractivity contribution in [2.45, 2.75) is 25.2 Å². The van der Waals surface area contributed by atoms with Crippen molar-refractivity contribution in [1.29, 1.82) is 0 Å². The maximum Gasteiger partial charge on any atom is 0.164 e. The Kier molecular flexibility index (Phi) is 4.07. The summed E-state index contributed by atoms with van der Waals surface area (Å²) >= 11 is 6.02. The van der Waals surface area contributed by atoms with E-state index in [-0.39, 0.29) is 11.2 Å². The molecule has 0 saturated heterocycles. The highest BCUT2D eigenvalue weighted by Gasteiger charge is 2.44. The predicted octanol–water partition coefficient (Wildman–Crippen LogP) is 4.64. The lowest BCUT2D eigenvalue weighted by Crippen LogP contribution is -2.24. The smallest absolute Gasteiger partial charge is 0.164 e. The Bertz CT molecular complexity index is 752. The van der Waals surface area contributed by atoms with Crippen LogP contribution in [-0.2, 0) is 5.41 Å². The predicted molar refractivity (Wildman–Crippen MR) is 91.0 cm³/mol. The number of Topliss-reactive ketones (excluding diaryl/α,β-unsaturated/α-hetero) is 1. The zero-order valence-corrected chi connectivity index (χ0v) is 14.2. The molecular formula is C19H19ClO3. The molecule has 0 spiro atoms. The second-order valence-corrected chi connectivity index (χ2v) is 6.23. The summed E-state index contributed by atoms with van der Waals surface area (Å²) in [4.78, 5) is 12.6. The van der Waals surface area contributed by atoms with Crippen LogP contribution in [0.15, 0.2) is 36.4 Å². The van der Waals surface area contributed by atoms with E-state index in [0.29, 0.717) is 22.9 Å². The number of carbonyl (C=O) groups excluding carboxylic acids is 1. The molecule has 3 rings (SSSR count). The van der Waals surface area contributed by atoms with E-state index in [1.807, 2.05) is 30.3 Å². The molecule has 0 bridgehead atoms. The van der Waals surface area contributed by atoms with Crippen LogP contribution in [0.5, 0.6) is 11.5 Å². The molecule has 0 N–H and O–H groups in total. The van der Waals surface area contributed by atoms with Crippen molar-refractivity contribution in [2.75, 3.05) is 14.2 Å². The third-order valence-electron chi connectivity index (χ3n) is 4.80. The molecule has 1 aliphatic rings. The normalized spacial score (nSPS) is 19.6. The highest BCUT2D eigenvalue weighted by molar-refractivity contribution is 6.30. The molecule has 2 aromatic carbocycles. The van der Waals surface area contributed by atoms with Crippen molar-refractivity contribution in [3.8, 4) is 11.5 Å².